The van der Waals surface area contributed by atoms with Gasteiger partial charge in [-0.1, -0.05) is 13.8 Å². The molecule has 2 aromatic heterocycles. The largest absolute Gasteiger partial charge is 0.462 e. The number of halogens is 1. The van der Waals surface area contributed by atoms with Crippen LogP contribution in [0.2, 0.25) is 0 Å². The van der Waals surface area contributed by atoms with Gasteiger partial charge in [-0.15, -0.1) is 0 Å². The van der Waals surface area contributed by atoms with E-state index in [2.05, 4.69) is 15.0 Å². The van der Waals surface area contributed by atoms with Gasteiger partial charge in [0.1, 0.15) is 11.5 Å². The van der Waals surface area contributed by atoms with Gasteiger partial charge in [-0.2, -0.15) is 0 Å². The number of ether oxygens (including phenoxy) is 1. The number of hydrogen-bond donors (Lipinski definition) is 0. The summed E-state index contributed by atoms with van der Waals surface area (Å²) in [7, 11) is 0. The Morgan fingerprint density at radius 3 is 2.62 bits per heavy atom. The summed E-state index contributed by atoms with van der Waals surface area (Å²) in [5.41, 5.74) is 1.39. The number of aromatic nitrogens is 3. The van der Waals surface area contributed by atoms with E-state index in [1.807, 2.05) is 13.8 Å². The van der Waals surface area contributed by atoms with E-state index in [1.54, 1.807) is 6.92 Å². The van der Waals surface area contributed by atoms with E-state index >= 15 is 0 Å². The molecule has 0 N–H and O–H groups in total. The van der Waals surface area contributed by atoms with Crippen molar-refractivity contribution in [3.05, 3.63) is 41.6 Å². The molecule has 2 aromatic rings. The number of carbonyl (C=O) groups is 1. The fourth-order valence-electron chi connectivity index (χ4n) is 1.83. The summed E-state index contributed by atoms with van der Waals surface area (Å²) < 4.78 is 17.9. The van der Waals surface area contributed by atoms with Gasteiger partial charge in [-0.25, -0.2) is 24.1 Å². The van der Waals surface area contributed by atoms with Gasteiger partial charge < -0.3 is 4.74 Å². The topological polar surface area (TPSA) is 65.0 Å². The van der Waals surface area contributed by atoms with Gasteiger partial charge in [0.15, 0.2) is 5.82 Å². The third kappa shape index (κ3) is 3.39. The molecule has 0 bridgehead atoms. The molecule has 0 aliphatic rings. The second-order valence-corrected chi connectivity index (χ2v) is 4.73. The summed E-state index contributed by atoms with van der Waals surface area (Å²) in [5.74, 6) is -0.496. The molecule has 0 aliphatic carbocycles. The molecule has 0 fully saturated rings. The summed E-state index contributed by atoms with van der Waals surface area (Å²) >= 11 is 0. The van der Waals surface area contributed by atoms with Crippen molar-refractivity contribution in [2.75, 3.05) is 6.61 Å². The van der Waals surface area contributed by atoms with Crippen LogP contribution in [-0.4, -0.2) is 27.5 Å². The average Bonchev–Trinajstić information content (AvgIpc) is 2.47. The second kappa shape index (κ2) is 6.39. The molecular formula is C15H16FN3O2. The maximum absolute atomic E-state index is 12.9. The first kappa shape index (κ1) is 15.0. The highest BCUT2D eigenvalue weighted by Gasteiger charge is 2.18. The Bertz CT molecular complexity index is 642. The van der Waals surface area contributed by atoms with Gasteiger partial charge in [-0.3, -0.25) is 0 Å². The Kier molecular flexibility index (Phi) is 4.57. The minimum Gasteiger partial charge on any atom is -0.462 e. The van der Waals surface area contributed by atoms with Gasteiger partial charge in [0.25, 0.3) is 0 Å². The number of rotatable bonds is 4. The van der Waals surface area contributed by atoms with Crippen molar-refractivity contribution in [2.45, 2.75) is 26.7 Å². The standard InChI is InChI=1S/C15H16FN3O2/c1-4-21-15(20)11-8-18-14(19-13(11)9(2)3)12-6-5-10(16)7-17-12/h5-9H,4H2,1-3H3. The number of nitrogens with zero attached hydrogens (tertiary/aromatic N) is 3. The van der Waals surface area contributed by atoms with E-state index in [4.69, 9.17) is 4.74 Å². The van der Waals surface area contributed by atoms with Crippen molar-refractivity contribution in [3.63, 3.8) is 0 Å². The third-order valence-corrected chi connectivity index (χ3v) is 2.82. The normalized spacial score (nSPS) is 10.7. The fourth-order valence-corrected chi connectivity index (χ4v) is 1.83. The molecule has 0 atom stereocenters. The van der Waals surface area contributed by atoms with Gasteiger partial charge in [0, 0.05) is 6.20 Å². The Morgan fingerprint density at radius 1 is 1.29 bits per heavy atom. The van der Waals surface area contributed by atoms with Crippen molar-refractivity contribution in [1.82, 2.24) is 15.0 Å². The van der Waals surface area contributed by atoms with E-state index in [0.29, 0.717) is 22.8 Å². The zero-order valence-electron chi connectivity index (χ0n) is 12.1. The molecule has 0 saturated carbocycles. The second-order valence-electron chi connectivity index (χ2n) is 4.73. The summed E-state index contributed by atoms with van der Waals surface area (Å²) in [6.45, 7) is 5.88. The van der Waals surface area contributed by atoms with Gasteiger partial charge in [0.2, 0.25) is 0 Å². The molecule has 0 aromatic carbocycles. The zero-order chi connectivity index (χ0) is 15.4. The molecule has 110 valence electrons. The Balaban J connectivity index is 2.45. The lowest BCUT2D eigenvalue weighted by Gasteiger charge is -2.11. The van der Waals surface area contributed by atoms with E-state index < -0.39 is 11.8 Å². The van der Waals surface area contributed by atoms with E-state index in [1.165, 1.54) is 18.3 Å². The predicted octanol–water partition coefficient (Wildman–Crippen LogP) is 2.98. The summed E-state index contributed by atoms with van der Waals surface area (Å²) in [6.07, 6.45) is 2.54. The molecule has 21 heavy (non-hydrogen) atoms. The van der Waals surface area contributed by atoms with Crippen molar-refractivity contribution >= 4 is 5.97 Å². The molecule has 0 saturated heterocycles. The van der Waals surface area contributed by atoms with Crippen LogP contribution in [0.25, 0.3) is 11.5 Å². The third-order valence-electron chi connectivity index (χ3n) is 2.82. The quantitative estimate of drug-likeness (QED) is 0.810. The van der Waals surface area contributed by atoms with E-state index in [-0.39, 0.29) is 12.5 Å². The summed E-state index contributed by atoms with van der Waals surface area (Å²) in [6, 6.07) is 2.79. The average molecular weight is 289 g/mol. The lowest BCUT2D eigenvalue weighted by atomic mass is 10.1. The molecule has 6 heteroatoms. The Morgan fingerprint density at radius 2 is 2.05 bits per heavy atom. The first-order valence-corrected chi connectivity index (χ1v) is 6.69. The predicted molar refractivity (Wildman–Crippen MR) is 75.3 cm³/mol. The minimum atomic E-state index is -0.445. The van der Waals surface area contributed by atoms with Crippen LogP contribution in [0.4, 0.5) is 4.39 Å². The smallest absolute Gasteiger partial charge is 0.341 e. The monoisotopic (exact) mass is 289 g/mol. The Hall–Kier alpha value is -2.37. The number of pyridine rings is 1. The van der Waals surface area contributed by atoms with Gasteiger partial charge in [0.05, 0.1) is 24.1 Å². The number of esters is 1. The van der Waals surface area contributed by atoms with Crippen LogP contribution in [0.15, 0.2) is 24.5 Å². The van der Waals surface area contributed by atoms with Gasteiger partial charge >= 0.3 is 5.97 Å². The summed E-state index contributed by atoms with van der Waals surface area (Å²) in [5, 5.41) is 0. The molecular weight excluding hydrogens is 273 g/mol. The van der Waals surface area contributed by atoms with Crippen LogP contribution in [-0.2, 0) is 4.74 Å². The maximum atomic E-state index is 12.9. The van der Waals surface area contributed by atoms with Crippen LogP contribution >= 0.6 is 0 Å². The highest BCUT2D eigenvalue weighted by atomic mass is 19.1. The zero-order valence-corrected chi connectivity index (χ0v) is 12.1. The number of hydrogen-bond acceptors (Lipinski definition) is 5. The van der Waals surface area contributed by atoms with Gasteiger partial charge in [-0.05, 0) is 25.0 Å². The molecule has 0 radical (unpaired) electrons. The molecule has 5 nitrogen and oxygen atoms in total. The molecule has 2 rings (SSSR count). The molecule has 0 aliphatic heterocycles. The van der Waals surface area contributed by atoms with Crippen molar-refractivity contribution < 1.29 is 13.9 Å². The lowest BCUT2D eigenvalue weighted by Crippen LogP contribution is -2.12. The van der Waals surface area contributed by atoms with Crippen molar-refractivity contribution in [2.24, 2.45) is 0 Å². The fraction of sp³-hybridized carbons (Fsp3) is 0.333. The maximum Gasteiger partial charge on any atom is 0.341 e. The number of carbonyl (C=O) groups excluding carboxylic acids is 1. The SMILES string of the molecule is CCOC(=O)c1cnc(-c2ccc(F)cn2)nc1C(C)C. The van der Waals surface area contributed by atoms with Crippen molar-refractivity contribution in [1.29, 1.82) is 0 Å². The van der Waals surface area contributed by atoms with Crippen LogP contribution in [0.3, 0.4) is 0 Å². The Labute approximate surface area is 122 Å². The van der Waals surface area contributed by atoms with Crippen LogP contribution in [0, 0.1) is 5.82 Å². The molecule has 0 unspecified atom stereocenters. The highest BCUT2D eigenvalue weighted by molar-refractivity contribution is 5.90. The lowest BCUT2D eigenvalue weighted by molar-refractivity contribution is 0.0523. The summed E-state index contributed by atoms with van der Waals surface area (Å²) in [4.78, 5) is 24.3. The first-order chi connectivity index (χ1) is 10.0. The van der Waals surface area contributed by atoms with Crippen LogP contribution < -0.4 is 0 Å². The minimum absolute atomic E-state index is 0.0200. The van der Waals surface area contributed by atoms with E-state index in [0.717, 1.165) is 6.20 Å². The van der Waals surface area contributed by atoms with Crippen LogP contribution in [0.5, 0.6) is 0 Å². The molecule has 0 spiro atoms. The molecule has 2 heterocycles. The van der Waals surface area contributed by atoms with Crippen molar-refractivity contribution in [3.8, 4) is 11.5 Å². The first-order valence-electron chi connectivity index (χ1n) is 6.69. The highest BCUT2D eigenvalue weighted by Crippen LogP contribution is 2.21. The molecule has 0 amide bonds. The van der Waals surface area contributed by atoms with E-state index in [9.17, 15) is 9.18 Å². The van der Waals surface area contributed by atoms with Crippen LogP contribution in [0.1, 0.15) is 42.7 Å².